The molecule has 0 radical (unpaired) electrons. The lowest BCUT2D eigenvalue weighted by Gasteiger charge is -2.41. The van der Waals surface area contributed by atoms with E-state index in [4.69, 9.17) is 0 Å². The van der Waals surface area contributed by atoms with Crippen LogP contribution in [0.25, 0.3) is 0 Å². The van der Waals surface area contributed by atoms with E-state index in [0.717, 1.165) is 17.8 Å². The maximum atomic E-state index is 13.5. The normalized spacial score (nSPS) is 46.8. The Bertz CT molecular complexity index is 409. The summed E-state index contributed by atoms with van der Waals surface area (Å²) >= 11 is 0. The molecule has 0 heterocycles. The molecule has 0 aromatic carbocycles. The van der Waals surface area contributed by atoms with Crippen LogP contribution in [-0.2, 0) is 0 Å². The van der Waals surface area contributed by atoms with Crippen molar-refractivity contribution < 1.29 is 13.2 Å². The highest BCUT2D eigenvalue weighted by Gasteiger charge is 2.38. The van der Waals surface area contributed by atoms with Crippen molar-refractivity contribution in [2.75, 3.05) is 0 Å². The zero-order valence-corrected chi connectivity index (χ0v) is 15.0. The Hall–Kier alpha value is -0.470. The first-order valence-electron chi connectivity index (χ1n) is 10.2. The van der Waals surface area contributed by atoms with Crippen LogP contribution in [0.4, 0.5) is 13.2 Å². The number of alkyl halides is 3. The molecule has 3 rings (SSSR count). The second kappa shape index (κ2) is 8.27. The molecule has 3 saturated carbocycles. The van der Waals surface area contributed by atoms with E-state index in [0.29, 0.717) is 5.92 Å². The van der Waals surface area contributed by atoms with E-state index in [1.54, 1.807) is 0 Å². The van der Waals surface area contributed by atoms with Gasteiger partial charge in [-0.05, 0) is 74.5 Å². The highest BCUT2D eigenvalue weighted by Crippen LogP contribution is 2.46. The third-order valence-corrected chi connectivity index (χ3v) is 6.86. The summed E-state index contributed by atoms with van der Waals surface area (Å²) in [6.45, 7) is 2.29. The molecule has 0 N–H and O–H groups in total. The number of halogens is 3. The van der Waals surface area contributed by atoms with E-state index in [-0.39, 0.29) is 18.8 Å². The van der Waals surface area contributed by atoms with Gasteiger partial charge in [-0.15, -0.1) is 0 Å². The van der Waals surface area contributed by atoms with Gasteiger partial charge in [0.15, 0.2) is 6.17 Å². The Labute approximate surface area is 145 Å². The van der Waals surface area contributed by atoms with Crippen molar-refractivity contribution in [3.8, 4) is 0 Å². The molecule has 3 aliphatic rings. The average molecular weight is 342 g/mol. The molecule has 0 aromatic rings. The number of hydrogen-bond acceptors (Lipinski definition) is 0. The summed E-state index contributed by atoms with van der Waals surface area (Å²) in [6, 6.07) is 0. The molecular weight excluding hydrogens is 309 g/mol. The Morgan fingerprint density at radius 1 is 0.750 bits per heavy atom. The Kier molecular flexibility index (Phi) is 6.32. The van der Waals surface area contributed by atoms with Gasteiger partial charge in [0.2, 0.25) is 0 Å². The molecule has 0 nitrogen and oxygen atoms in total. The Morgan fingerprint density at radius 2 is 1.38 bits per heavy atom. The summed E-state index contributed by atoms with van der Waals surface area (Å²) in [4.78, 5) is 0. The largest absolute Gasteiger partial charge is 0.244 e. The molecular formula is C21H33F3. The standard InChI is InChI=1S/C21H33F3/c1-2-3-14-6-8-18-11-15(7-9-17(18)10-14)4-5-16-12-19(22)21(24)20(23)13-16/h4-5,14-21H,2-3,6-13H2,1H3/b5-4+. The zero-order chi connectivity index (χ0) is 17.1. The van der Waals surface area contributed by atoms with Crippen LogP contribution in [-0.4, -0.2) is 18.5 Å². The minimum atomic E-state index is -1.91. The molecule has 0 aromatic heterocycles. The fraction of sp³-hybridized carbons (Fsp3) is 0.905. The Balaban J connectivity index is 1.48. The van der Waals surface area contributed by atoms with E-state index in [1.165, 1.54) is 51.4 Å². The number of allylic oxidation sites excluding steroid dienone is 2. The number of rotatable bonds is 4. The minimum absolute atomic E-state index is 0.125. The third-order valence-electron chi connectivity index (χ3n) is 6.86. The summed E-state index contributed by atoms with van der Waals surface area (Å²) in [7, 11) is 0. The topological polar surface area (TPSA) is 0 Å². The highest BCUT2D eigenvalue weighted by atomic mass is 19.2. The smallest absolute Gasteiger partial charge is 0.162 e. The maximum absolute atomic E-state index is 13.5. The van der Waals surface area contributed by atoms with Gasteiger partial charge >= 0.3 is 0 Å². The van der Waals surface area contributed by atoms with Gasteiger partial charge in [0.1, 0.15) is 12.3 Å². The molecule has 0 saturated heterocycles. The van der Waals surface area contributed by atoms with Gasteiger partial charge in [-0.1, -0.05) is 38.3 Å². The van der Waals surface area contributed by atoms with Crippen molar-refractivity contribution in [2.24, 2.45) is 29.6 Å². The Morgan fingerprint density at radius 3 is 2.08 bits per heavy atom. The van der Waals surface area contributed by atoms with E-state index in [9.17, 15) is 13.2 Å². The molecule has 0 aliphatic heterocycles. The molecule has 0 amide bonds. The van der Waals surface area contributed by atoms with Crippen molar-refractivity contribution in [1.29, 1.82) is 0 Å². The number of fused-ring (bicyclic) bond motifs is 1. The fourth-order valence-corrected chi connectivity index (χ4v) is 5.50. The van der Waals surface area contributed by atoms with Crippen LogP contribution in [0.3, 0.4) is 0 Å². The van der Waals surface area contributed by atoms with Crippen LogP contribution in [0.15, 0.2) is 12.2 Å². The molecule has 3 heteroatoms. The molecule has 24 heavy (non-hydrogen) atoms. The van der Waals surface area contributed by atoms with Crippen LogP contribution < -0.4 is 0 Å². The van der Waals surface area contributed by atoms with E-state index in [2.05, 4.69) is 13.0 Å². The zero-order valence-electron chi connectivity index (χ0n) is 15.0. The first kappa shape index (κ1) is 18.3. The van der Waals surface area contributed by atoms with Crippen LogP contribution in [0.2, 0.25) is 0 Å². The highest BCUT2D eigenvalue weighted by molar-refractivity contribution is 5.01. The van der Waals surface area contributed by atoms with Crippen LogP contribution in [0.5, 0.6) is 0 Å². The van der Waals surface area contributed by atoms with Crippen molar-refractivity contribution in [3.63, 3.8) is 0 Å². The van der Waals surface area contributed by atoms with Gasteiger partial charge in [-0.2, -0.15) is 0 Å². The van der Waals surface area contributed by atoms with Crippen LogP contribution in [0.1, 0.15) is 71.1 Å². The minimum Gasteiger partial charge on any atom is -0.244 e. The van der Waals surface area contributed by atoms with Gasteiger partial charge < -0.3 is 0 Å². The molecule has 6 unspecified atom stereocenters. The monoisotopic (exact) mass is 342 g/mol. The second-order valence-electron chi connectivity index (χ2n) is 8.65. The molecule has 138 valence electrons. The molecule has 3 fully saturated rings. The fourth-order valence-electron chi connectivity index (χ4n) is 5.50. The average Bonchev–Trinajstić information content (AvgIpc) is 2.58. The van der Waals surface area contributed by atoms with Gasteiger partial charge in [-0.3, -0.25) is 0 Å². The number of hydrogen-bond donors (Lipinski definition) is 0. The lowest BCUT2D eigenvalue weighted by Crippen LogP contribution is -2.36. The van der Waals surface area contributed by atoms with Crippen molar-refractivity contribution in [3.05, 3.63) is 12.2 Å². The van der Waals surface area contributed by atoms with Crippen LogP contribution >= 0.6 is 0 Å². The van der Waals surface area contributed by atoms with E-state index in [1.807, 2.05) is 6.08 Å². The summed E-state index contributed by atoms with van der Waals surface area (Å²) in [5.41, 5.74) is 0. The lowest BCUT2D eigenvalue weighted by molar-refractivity contribution is 0.0278. The predicted octanol–water partition coefficient (Wildman–Crippen LogP) is 6.60. The van der Waals surface area contributed by atoms with Crippen molar-refractivity contribution in [1.82, 2.24) is 0 Å². The third kappa shape index (κ3) is 4.38. The summed E-state index contributed by atoms with van der Waals surface area (Å²) in [5.74, 6) is 3.15. The molecule has 0 spiro atoms. The van der Waals surface area contributed by atoms with Gasteiger partial charge in [0.05, 0.1) is 0 Å². The van der Waals surface area contributed by atoms with Crippen molar-refractivity contribution >= 4 is 0 Å². The van der Waals surface area contributed by atoms with Gasteiger partial charge in [0.25, 0.3) is 0 Å². The summed E-state index contributed by atoms with van der Waals surface area (Å²) < 4.78 is 40.3. The SMILES string of the molecule is CCCC1CCC2CC(/C=C/C3CC(F)C(F)C(F)C3)CCC2C1. The second-order valence-corrected chi connectivity index (χ2v) is 8.65. The van der Waals surface area contributed by atoms with Crippen molar-refractivity contribution in [2.45, 2.75) is 89.6 Å². The van der Waals surface area contributed by atoms with Gasteiger partial charge in [-0.25, -0.2) is 13.2 Å². The van der Waals surface area contributed by atoms with Crippen LogP contribution in [0, 0.1) is 29.6 Å². The van der Waals surface area contributed by atoms with E-state index >= 15 is 0 Å². The maximum Gasteiger partial charge on any atom is 0.162 e. The van der Waals surface area contributed by atoms with Gasteiger partial charge in [0, 0.05) is 0 Å². The quantitative estimate of drug-likeness (QED) is 0.505. The molecule has 0 bridgehead atoms. The first-order chi connectivity index (χ1) is 11.6. The predicted molar refractivity (Wildman–Crippen MR) is 93.1 cm³/mol. The molecule has 3 aliphatic carbocycles. The summed E-state index contributed by atoms with van der Waals surface area (Å²) in [6.07, 6.45) is 9.97. The van der Waals surface area contributed by atoms with E-state index < -0.39 is 18.5 Å². The lowest BCUT2D eigenvalue weighted by atomic mass is 9.64. The summed E-state index contributed by atoms with van der Waals surface area (Å²) in [5, 5.41) is 0. The first-order valence-corrected chi connectivity index (χ1v) is 10.2. The molecule has 6 atom stereocenters.